The molecule has 0 radical (unpaired) electrons. The second-order valence-electron chi connectivity index (χ2n) is 7.51. The largest absolute Gasteiger partial charge is 0.493 e. The lowest BCUT2D eigenvalue weighted by Crippen LogP contribution is -2.13. The number of nitriles is 1. The van der Waals surface area contributed by atoms with E-state index in [1.54, 1.807) is 18.2 Å². The Morgan fingerprint density at radius 2 is 1.62 bits per heavy atom. The van der Waals surface area contributed by atoms with Crippen LogP contribution in [0.3, 0.4) is 0 Å². The predicted molar refractivity (Wildman–Crippen MR) is 123 cm³/mol. The van der Waals surface area contributed by atoms with Crippen LogP contribution in [0.25, 0.3) is 22.6 Å². The molecule has 0 spiro atoms. The van der Waals surface area contributed by atoms with E-state index in [9.17, 15) is 10.1 Å². The molecule has 1 aliphatic carbocycles. The van der Waals surface area contributed by atoms with Gasteiger partial charge in [0, 0.05) is 6.07 Å². The molecule has 32 heavy (non-hydrogen) atoms. The average molecular weight is 421 g/mol. The van der Waals surface area contributed by atoms with Gasteiger partial charge in [-0.2, -0.15) is 5.26 Å². The maximum Gasteiger partial charge on any atom is 0.200 e. The minimum atomic E-state index is -0.352. The van der Waals surface area contributed by atoms with Crippen molar-refractivity contribution in [3.05, 3.63) is 105 Å². The summed E-state index contributed by atoms with van der Waals surface area (Å²) >= 11 is 0. The van der Waals surface area contributed by atoms with Gasteiger partial charge in [-0.25, -0.2) is 0 Å². The monoisotopic (exact) mass is 421 g/mol. The van der Waals surface area contributed by atoms with E-state index >= 15 is 0 Å². The second kappa shape index (κ2) is 7.75. The minimum Gasteiger partial charge on any atom is -0.493 e. The van der Waals surface area contributed by atoms with Crippen LogP contribution >= 0.6 is 0 Å². The molecular weight excluding hydrogens is 402 g/mol. The average Bonchev–Trinajstić information content (AvgIpc) is 2.98. The molecule has 5 nitrogen and oxygen atoms in total. The maximum atomic E-state index is 13.7. The topological polar surface area (TPSA) is 72.5 Å². The summed E-state index contributed by atoms with van der Waals surface area (Å²) in [7, 11) is 3.06. The third-order valence-electron chi connectivity index (χ3n) is 5.83. The van der Waals surface area contributed by atoms with Gasteiger partial charge in [-0.1, -0.05) is 54.6 Å². The number of hydrogen-bond donors (Lipinski definition) is 0. The van der Waals surface area contributed by atoms with Crippen molar-refractivity contribution in [3.8, 4) is 17.6 Å². The first-order valence-electron chi connectivity index (χ1n) is 10.1. The van der Waals surface area contributed by atoms with Crippen molar-refractivity contribution in [1.29, 1.82) is 5.26 Å². The van der Waals surface area contributed by atoms with E-state index < -0.39 is 0 Å². The number of fused-ring (bicyclic) bond motifs is 3. The van der Waals surface area contributed by atoms with Gasteiger partial charge in [-0.15, -0.1) is 0 Å². The van der Waals surface area contributed by atoms with E-state index in [2.05, 4.69) is 6.07 Å². The Balaban J connectivity index is 1.93. The molecule has 1 atom stereocenters. The highest BCUT2D eigenvalue weighted by Gasteiger charge is 2.30. The van der Waals surface area contributed by atoms with Gasteiger partial charge in [0.15, 0.2) is 16.9 Å². The van der Waals surface area contributed by atoms with Crippen molar-refractivity contribution in [2.45, 2.75) is 5.92 Å². The van der Waals surface area contributed by atoms with Crippen molar-refractivity contribution in [2.24, 2.45) is 0 Å². The number of hydrogen-bond acceptors (Lipinski definition) is 5. The fraction of sp³-hybridized carbons (Fsp3) is 0.111. The van der Waals surface area contributed by atoms with Gasteiger partial charge in [0.2, 0.25) is 0 Å². The summed E-state index contributed by atoms with van der Waals surface area (Å²) in [5.74, 6) is 1.06. The molecule has 0 N–H and O–H groups in total. The molecule has 0 saturated carbocycles. The first-order chi connectivity index (χ1) is 15.7. The summed E-state index contributed by atoms with van der Waals surface area (Å²) in [6.07, 6.45) is 1.64. The predicted octanol–water partition coefficient (Wildman–Crippen LogP) is 5.37. The summed E-state index contributed by atoms with van der Waals surface area (Å²) in [6.45, 7) is 0. The molecule has 1 aliphatic rings. The van der Waals surface area contributed by atoms with Crippen LogP contribution in [-0.4, -0.2) is 14.2 Å². The van der Waals surface area contributed by atoms with Gasteiger partial charge < -0.3 is 13.9 Å². The quantitative estimate of drug-likeness (QED) is 0.445. The smallest absolute Gasteiger partial charge is 0.200 e. The summed E-state index contributed by atoms with van der Waals surface area (Å²) < 4.78 is 17.2. The zero-order chi connectivity index (χ0) is 22.2. The Morgan fingerprint density at radius 3 is 2.34 bits per heavy atom. The second-order valence-corrected chi connectivity index (χ2v) is 7.51. The third-order valence-corrected chi connectivity index (χ3v) is 5.83. The minimum absolute atomic E-state index is 0.219. The van der Waals surface area contributed by atoms with Crippen LogP contribution in [0.2, 0.25) is 0 Å². The van der Waals surface area contributed by atoms with Gasteiger partial charge in [0.1, 0.15) is 11.3 Å². The van der Waals surface area contributed by atoms with Gasteiger partial charge in [0.25, 0.3) is 0 Å². The number of nitrogens with zero attached hydrogens (tertiary/aromatic N) is 1. The normalized spacial score (nSPS) is 14.5. The molecule has 1 aromatic heterocycles. The molecule has 0 saturated heterocycles. The van der Waals surface area contributed by atoms with Crippen molar-refractivity contribution in [3.63, 3.8) is 0 Å². The fourth-order valence-electron chi connectivity index (χ4n) is 4.33. The number of methoxy groups -OCH3 is 2. The van der Waals surface area contributed by atoms with Gasteiger partial charge in [-0.05, 0) is 28.8 Å². The number of ether oxygens (including phenoxy) is 2. The van der Waals surface area contributed by atoms with Crippen LogP contribution in [0.5, 0.6) is 11.5 Å². The number of benzene rings is 3. The molecule has 0 amide bonds. The molecule has 1 heterocycles. The highest BCUT2D eigenvalue weighted by molar-refractivity contribution is 5.95. The first-order valence-corrected chi connectivity index (χ1v) is 10.1. The Kier molecular flexibility index (Phi) is 4.76. The Labute approximate surface area is 184 Å². The fourth-order valence-corrected chi connectivity index (χ4v) is 4.33. The van der Waals surface area contributed by atoms with Crippen molar-refractivity contribution in [1.82, 2.24) is 0 Å². The maximum absolute atomic E-state index is 13.7. The molecule has 0 aliphatic heterocycles. The SMILES string of the molecule is COc1cc2oc3c(c(=O)c2cc1OC)C=C(C#N)c1ccccc1C3c1ccccc1. The van der Waals surface area contributed by atoms with E-state index in [1.165, 1.54) is 14.2 Å². The summed E-state index contributed by atoms with van der Waals surface area (Å²) in [4.78, 5) is 13.7. The molecular formula is C27H19NO4. The Morgan fingerprint density at radius 1 is 0.938 bits per heavy atom. The van der Waals surface area contributed by atoms with E-state index in [-0.39, 0.29) is 11.3 Å². The summed E-state index contributed by atoms with van der Waals surface area (Å²) in [6, 6.07) is 23.1. The first kappa shape index (κ1) is 19.7. The van der Waals surface area contributed by atoms with Gasteiger partial charge >= 0.3 is 0 Å². The molecule has 4 aromatic rings. The van der Waals surface area contributed by atoms with Crippen molar-refractivity contribution >= 4 is 22.6 Å². The standard InChI is InChI=1S/C27H19NO4/c1-30-23-13-20-22(14-24(23)31-2)32-27-21(26(20)29)12-17(15-28)18-10-6-7-11-19(18)25(27)16-8-4-3-5-9-16/h3-14,25H,1-2H3. The lowest BCUT2D eigenvalue weighted by molar-refractivity contribution is 0.355. The lowest BCUT2D eigenvalue weighted by atomic mass is 9.85. The Hall–Kier alpha value is -4.30. The van der Waals surface area contributed by atoms with Crippen molar-refractivity contribution < 1.29 is 13.9 Å². The molecule has 5 heteroatoms. The number of allylic oxidation sites excluding steroid dienone is 1. The van der Waals surface area contributed by atoms with E-state index in [4.69, 9.17) is 13.9 Å². The lowest BCUT2D eigenvalue weighted by Gasteiger charge is -2.20. The molecule has 5 rings (SSSR count). The van der Waals surface area contributed by atoms with Crippen LogP contribution in [0.15, 0.2) is 75.9 Å². The van der Waals surface area contributed by atoms with Crippen LogP contribution in [-0.2, 0) is 0 Å². The molecule has 0 fully saturated rings. The van der Waals surface area contributed by atoms with Crippen molar-refractivity contribution in [2.75, 3.05) is 14.2 Å². The van der Waals surface area contributed by atoms with E-state index in [0.717, 1.165) is 16.7 Å². The van der Waals surface area contributed by atoms with Crippen LogP contribution in [0, 0.1) is 11.3 Å². The molecule has 156 valence electrons. The zero-order valence-corrected chi connectivity index (χ0v) is 17.6. The molecule has 0 bridgehead atoms. The van der Waals surface area contributed by atoms with E-state index in [1.807, 2.05) is 54.6 Å². The van der Waals surface area contributed by atoms with Gasteiger partial charge in [-0.3, -0.25) is 4.79 Å². The van der Waals surface area contributed by atoms with Crippen LogP contribution in [0.4, 0.5) is 0 Å². The van der Waals surface area contributed by atoms with Gasteiger partial charge in [0.05, 0.1) is 42.7 Å². The highest BCUT2D eigenvalue weighted by atomic mass is 16.5. The van der Waals surface area contributed by atoms with E-state index in [0.29, 0.717) is 39.4 Å². The third kappa shape index (κ3) is 2.97. The molecule has 3 aromatic carbocycles. The van der Waals surface area contributed by atoms with Crippen LogP contribution in [0.1, 0.15) is 33.9 Å². The molecule has 1 unspecified atom stereocenters. The number of rotatable bonds is 3. The summed E-state index contributed by atoms with van der Waals surface area (Å²) in [5, 5.41) is 10.3. The van der Waals surface area contributed by atoms with Crippen LogP contribution < -0.4 is 14.9 Å². The zero-order valence-electron chi connectivity index (χ0n) is 17.6. The highest BCUT2D eigenvalue weighted by Crippen LogP contribution is 2.42. The summed E-state index contributed by atoms with van der Waals surface area (Å²) in [5.41, 5.74) is 3.64. The Bertz CT molecular complexity index is 1480.